The van der Waals surface area contributed by atoms with Crippen molar-refractivity contribution in [2.75, 3.05) is 12.4 Å². The molecule has 0 atom stereocenters. The van der Waals surface area contributed by atoms with Gasteiger partial charge in [-0.2, -0.15) is 0 Å². The van der Waals surface area contributed by atoms with Gasteiger partial charge in [0.15, 0.2) is 0 Å². The second-order valence-corrected chi connectivity index (χ2v) is 7.69. The van der Waals surface area contributed by atoms with E-state index in [0.29, 0.717) is 16.1 Å². The maximum atomic E-state index is 13.3. The SMILES string of the molecule is COC(=O)c1c(NC(=O)/C=C/c2ccc(C)cc2)sc(C)c1-c1ccc(F)cc1. The molecule has 1 N–H and O–H groups in total. The molecule has 4 nitrogen and oxygen atoms in total. The molecular weight excluding hydrogens is 389 g/mol. The van der Waals surface area contributed by atoms with Crippen LogP contribution in [0.4, 0.5) is 9.39 Å². The maximum Gasteiger partial charge on any atom is 0.341 e. The quantitative estimate of drug-likeness (QED) is 0.440. The van der Waals surface area contributed by atoms with Crippen LogP contribution in [0.5, 0.6) is 0 Å². The Hall–Kier alpha value is -3.25. The van der Waals surface area contributed by atoms with Gasteiger partial charge in [0, 0.05) is 16.5 Å². The van der Waals surface area contributed by atoms with Crippen molar-refractivity contribution in [3.05, 3.63) is 82.0 Å². The lowest BCUT2D eigenvalue weighted by Gasteiger charge is -2.07. The van der Waals surface area contributed by atoms with Crippen molar-refractivity contribution in [3.63, 3.8) is 0 Å². The number of esters is 1. The molecule has 3 aromatic rings. The van der Waals surface area contributed by atoms with Crippen LogP contribution in [0, 0.1) is 19.7 Å². The van der Waals surface area contributed by atoms with Crippen molar-refractivity contribution in [1.29, 1.82) is 0 Å². The summed E-state index contributed by atoms with van der Waals surface area (Å²) in [6.07, 6.45) is 3.12. The van der Waals surface area contributed by atoms with E-state index < -0.39 is 5.97 Å². The predicted molar refractivity (Wildman–Crippen MR) is 115 cm³/mol. The predicted octanol–water partition coefficient (Wildman–Crippen LogP) is 5.61. The molecule has 1 heterocycles. The minimum atomic E-state index is -0.563. The smallest absolute Gasteiger partial charge is 0.341 e. The molecule has 0 radical (unpaired) electrons. The number of halogens is 1. The van der Waals surface area contributed by atoms with Gasteiger partial charge in [0.25, 0.3) is 0 Å². The highest BCUT2D eigenvalue weighted by Gasteiger charge is 2.24. The van der Waals surface area contributed by atoms with Gasteiger partial charge in [-0.3, -0.25) is 4.79 Å². The molecule has 6 heteroatoms. The fourth-order valence-electron chi connectivity index (χ4n) is 2.90. The van der Waals surface area contributed by atoms with E-state index in [1.807, 2.05) is 38.1 Å². The summed E-state index contributed by atoms with van der Waals surface area (Å²) in [5, 5.41) is 3.16. The van der Waals surface area contributed by atoms with E-state index >= 15 is 0 Å². The lowest BCUT2D eigenvalue weighted by Crippen LogP contribution is -2.11. The number of hydrogen-bond donors (Lipinski definition) is 1. The van der Waals surface area contributed by atoms with Gasteiger partial charge in [-0.15, -0.1) is 11.3 Å². The van der Waals surface area contributed by atoms with Crippen LogP contribution in [-0.4, -0.2) is 19.0 Å². The third-order valence-corrected chi connectivity index (χ3v) is 5.37. The number of nitrogens with one attached hydrogen (secondary N) is 1. The Morgan fingerprint density at radius 1 is 1.03 bits per heavy atom. The van der Waals surface area contributed by atoms with Gasteiger partial charge in [-0.25, -0.2) is 9.18 Å². The minimum Gasteiger partial charge on any atom is -0.465 e. The number of thiophene rings is 1. The summed E-state index contributed by atoms with van der Waals surface area (Å²) in [4.78, 5) is 25.7. The zero-order valence-corrected chi connectivity index (χ0v) is 17.1. The molecule has 148 valence electrons. The van der Waals surface area contributed by atoms with Crippen molar-refractivity contribution in [2.45, 2.75) is 13.8 Å². The van der Waals surface area contributed by atoms with E-state index in [9.17, 15) is 14.0 Å². The summed E-state index contributed by atoms with van der Waals surface area (Å²) >= 11 is 1.28. The number of methoxy groups -OCH3 is 1. The number of rotatable bonds is 5. The highest BCUT2D eigenvalue weighted by Crippen LogP contribution is 2.40. The van der Waals surface area contributed by atoms with Crippen LogP contribution in [-0.2, 0) is 9.53 Å². The van der Waals surface area contributed by atoms with Crippen LogP contribution in [0.1, 0.15) is 26.4 Å². The zero-order chi connectivity index (χ0) is 21.0. The van der Waals surface area contributed by atoms with Gasteiger partial charge in [0.05, 0.1) is 7.11 Å². The summed E-state index contributed by atoms with van der Waals surface area (Å²) in [6.45, 7) is 3.83. The highest BCUT2D eigenvalue weighted by molar-refractivity contribution is 7.17. The lowest BCUT2D eigenvalue weighted by molar-refractivity contribution is -0.111. The molecule has 0 bridgehead atoms. The fraction of sp³-hybridized carbons (Fsp3) is 0.130. The molecule has 29 heavy (non-hydrogen) atoms. The number of amides is 1. The second kappa shape index (κ2) is 8.84. The van der Waals surface area contributed by atoms with Crippen molar-refractivity contribution in [3.8, 4) is 11.1 Å². The van der Waals surface area contributed by atoms with Gasteiger partial charge in [-0.1, -0.05) is 42.0 Å². The Morgan fingerprint density at radius 3 is 2.31 bits per heavy atom. The molecule has 0 unspecified atom stereocenters. The third kappa shape index (κ3) is 4.78. The molecule has 0 aliphatic rings. The third-order valence-electron chi connectivity index (χ3n) is 4.35. The first-order chi connectivity index (χ1) is 13.9. The summed E-state index contributed by atoms with van der Waals surface area (Å²) in [6, 6.07) is 13.6. The van der Waals surface area contributed by atoms with Crippen molar-refractivity contribution >= 4 is 34.3 Å². The normalized spacial score (nSPS) is 10.9. The topological polar surface area (TPSA) is 55.4 Å². The Morgan fingerprint density at radius 2 is 1.69 bits per heavy atom. The van der Waals surface area contributed by atoms with E-state index in [1.54, 1.807) is 18.2 Å². The molecule has 0 saturated heterocycles. The molecule has 0 saturated carbocycles. The number of aryl methyl sites for hydroxylation is 2. The van der Waals surface area contributed by atoms with E-state index in [-0.39, 0.29) is 17.3 Å². The standard InChI is InChI=1S/C23H20FNO3S/c1-14-4-6-16(7-5-14)8-13-19(26)25-22-21(23(27)28-3)20(15(2)29-22)17-9-11-18(24)12-10-17/h4-13H,1-3H3,(H,25,26)/b13-8+. The Labute approximate surface area is 172 Å². The first-order valence-electron chi connectivity index (χ1n) is 8.92. The molecule has 0 aliphatic heterocycles. The van der Waals surface area contributed by atoms with Crippen LogP contribution in [0.25, 0.3) is 17.2 Å². The number of carbonyl (C=O) groups is 2. The summed E-state index contributed by atoms with van der Waals surface area (Å²) in [5.41, 5.74) is 3.60. The van der Waals surface area contributed by atoms with Crippen LogP contribution < -0.4 is 5.32 Å². The van der Waals surface area contributed by atoms with Crippen LogP contribution >= 0.6 is 11.3 Å². The van der Waals surface area contributed by atoms with E-state index in [1.165, 1.54) is 36.7 Å². The molecule has 1 aromatic heterocycles. The molecule has 0 aliphatic carbocycles. The van der Waals surface area contributed by atoms with E-state index in [2.05, 4.69) is 5.32 Å². The lowest BCUT2D eigenvalue weighted by atomic mass is 10.0. The molecule has 2 aromatic carbocycles. The summed E-state index contributed by atoms with van der Waals surface area (Å²) < 4.78 is 18.2. The van der Waals surface area contributed by atoms with Crippen molar-refractivity contribution < 1.29 is 18.7 Å². The maximum absolute atomic E-state index is 13.3. The second-order valence-electron chi connectivity index (χ2n) is 6.47. The van der Waals surface area contributed by atoms with Gasteiger partial charge in [0.2, 0.25) is 5.91 Å². The molecule has 0 fully saturated rings. The van der Waals surface area contributed by atoms with Crippen LogP contribution in [0.15, 0.2) is 54.6 Å². The number of hydrogen-bond acceptors (Lipinski definition) is 4. The Kier molecular flexibility index (Phi) is 6.24. The highest BCUT2D eigenvalue weighted by atomic mass is 32.1. The minimum absolute atomic E-state index is 0.263. The average Bonchev–Trinajstić information content (AvgIpc) is 3.03. The molecule has 0 spiro atoms. The first-order valence-corrected chi connectivity index (χ1v) is 9.74. The van der Waals surface area contributed by atoms with Crippen molar-refractivity contribution in [1.82, 2.24) is 0 Å². The molecule has 1 amide bonds. The summed E-state index contributed by atoms with van der Waals surface area (Å²) in [7, 11) is 1.28. The Bertz CT molecular complexity index is 1070. The number of benzene rings is 2. The molecular formula is C23H20FNO3S. The van der Waals surface area contributed by atoms with Gasteiger partial charge < -0.3 is 10.1 Å². The molecule has 3 rings (SSSR count). The number of anilines is 1. The van der Waals surface area contributed by atoms with Crippen LogP contribution in [0.2, 0.25) is 0 Å². The zero-order valence-electron chi connectivity index (χ0n) is 16.3. The van der Waals surface area contributed by atoms with E-state index in [4.69, 9.17) is 4.74 Å². The first kappa shape index (κ1) is 20.5. The van der Waals surface area contributed by atoms with E-state index in [0.717, 1.165) is 16.0 Å². The summed E-state index contributed by atoms with van der Waals surface area (Å²) in [5.74, 6) is -1.29. The number of carbonyl (C=O) groups excluding carboxylic acids is 2. The fourth-order valence-corrected chi connectivity index (χ4v) is 3.96. The number of ether oxygens (including phenoxy) is 1. The monoisotopic (exact) mass is 409 g/mol. The average molecular weight is 409 g/mol. The van der Waals surface area contributed by atoms with Gasteiger partial charge >= 0.3 is 5.97 Å². The Balaban J connectivity index is 1.91. The van der Waals surface area contributed by atoms with Crippen LogP contribution in [0.3, 0.4) is 0 Å². The van der Waals surface area contributed by atoms with Gasteiger partial charge in [-0.05, 0) is 43.2 Å². The van der Waals surface area contributed by atoms with Crippen molar-refractivity contribution in [2.24, 2.45) is 0 Å². The largest absolute Gasteiger partial charge is 0.465 e. The van der Waals surface area contributed by atoms with Gasteiger partial charge in [0.1, 0.15) is 16.4 Å².